The van der Waals surface area contributed by atoms with Crippen molar-refractivity contribution in [2.45, 2.75) is 31.2 Å². The number of aromatic nitrogens is 5. The van der Waals surface area contributed by atoms with E-state index in [1.807, 2.05) is 0 Å². The first-order chi connectivity index (χ1) is 16.9. The summed E-state index contributed by atoms with van der Waals surface area (Å²) in [7, 11) is 0. The molecule has 0 spiro atoms. The lowest BCUT2D eigenvalue weighted by atomic mass is 9.74. The summed E-state index contributed by atoms with van der Waals surface area (Å²) < 4.78 is 102. The highest BCUT2D eigenvalue weighted by Gasteiger charge is 2.55. The highest BCUT2D eigenvalue weighted by molar-refractivity contribution is 5.63. The van der Waals surface area contributed by atoms with E-state index in [0.29, 0.717) is 17.2 Å². The molecule has 0 saturated carbocycles. The molecule has 0 unspecified atom stereocenters. The topological polar surface area (TPSA) is 65.7 Å². The number of hydrogen-bond donors (Lipinski definition) is 0. The van der Waals surface area contributed by atoms with Crippen molar-refractivity contribution in [1.29, 1.82) is 0 Å². The Labute approximate surface area is 199 Å². The van der Waals surface area contributed by atoms with Crippen molar-refractivity contribution in [2.24, 2.45) is 0 Å². The third kappa shape index (κ3) is 4.99. The predicted octanol–water partition coefficient (Wildman–Crippen LogP) is 5.66. The SMILES string of the molecule is C[C@@](Cn1cnnn1)(c1ccc(F)cc1F)C(F)(F)c1ccc(-c2ccc(OC(F)(F)F)cc2)cn1. The molecule has 4 aromatic rings. The van der Waals surface area contributed by atoms with Crippen LogP contribution in [0.3, 0.4) is 0 Å². The largest absolute Gasteiger partial charge is 0.573 e. The lowest BCUT2D eigenvalue weighted by Crippen LogP contribution is -2.45. The zero-order chi connectivity index (χ0) is 26.1. The van der Waals surface area contributed by atoms with Crippen molar-refractivity contribution in [2.75, 3.05) is 0 Å². The van der Waals surface area contributed by atoms with Crippen molar-refractivity contribution in [3.05, 3.63) is 90.0 Å². The molecule has 0 aliphatic carbocycles. The summed E-state index contributed by atoms with van der Waals surface area (Å²) >= 11 is 0. The number of hydrogen-bond acceptors (Lipinski definition) is 5. The first kappa shape index (κ1) is 25.1. The lowest BCUT2D eigenvalue weighted by molar-refractivity contribution is -0.274. The first-order valence-corrected chi connectivity index (χ1v) is 10.3. The second-order valence-corrected chi connectivity index (χ2v) is 8.04. The summed E-state index contributed by atoms with van der Waals surface area (Å²) in [4.78, 5) is 3.86. The second-order valence-electron chi connectivity index (χ2n) is 8.04. The fraction of sp³-hybridized carbons (Fsp3) is 0.217. The van der Waals surface area contributed by atoms with Crippen molar-refractivity contribution in [3.8, 4) is 16.9 Å². The van der Waals surface area contributed by atoms with Gasteiger partial charge in [-0.25, -0.2) is 13.5 Å². The number of pyridine rings is 1. The molecule has 13 heteroatoms. The molecular weight excluding hydrogens is 495 g/mol. The maximum atomic E-state index is 16.0. The van der Waals surface area contributed by atoms with Crippen molar-refractivity contribution in [1.82, 2.24) is 25.2 Å². The summed E-state index contributed by atoms with van der Waals surface area (Å²) in [6, 6.07) is 9.40. The Kier molecular flexibility index (Phi) is 6.41. The average molecular weight is 511 g/mol. The highest BCUT2D eigenvalue weighted by Crippen LogP contribution is 2.48. The molecule has 0 saturated heterocycles. The molecule has 1 atom stereocenters. The highest BCUT2D eigenvalue weighted by atomic mass is 19.4. The number of tetrazole rings is 1. The molecule has 188 valence electrons. The minimum absolute atomic E-state index is 0.336. The Bertz CT molecular complexity index is 1330. The molecule has 4 rings (SSSR count). The van der Waals surface area contributed by atoms with Gasteiger partial charge in [0.2, 0.25) is 0 Å². The second kappa shape index (κ2) is 9.21. The van der Waals surface area contributed by atoms with Gasteiger partial charge < -0.3 is 4.74 Å². The van der Waals surface area contributed by atoms with E-state index >= 15 is 8.78 Å². The molecule has 36 heavy (non-hydrogen) atoms. The van der Waals surface area contributed by atoms with Gasteiger partial charge in [-0.15, -0.1) is 18.3 Å². The summed E-state index contributed by atoms with van der Waals surface area (Å²) in [5, 5.41) is 10.4. The normalized spacial score (nSPS) is 13.9. The fourth-order valence-corrected chi connectivity index (χ4v) is 3.75. The van der Waals surface area contributed by atoms with E-state index in [1.54, 1.807) is 0 Å². The van der Waals surface area contributed by atoms with Crippen LogP contribution in [-0.4, -0.2) is 31.6 Å². The van der Waals surface area contributed by atoms with E-state index in [-0.39, 0.29) is 0 Å². The third-order valence-electron chi connectivity index (χ3n) is 5.59. The standard InChI is InChI=1S/C23H16F7N5O/c1-21(12-35-13-32-33-34-35,18-8-5-16(24)10-19(18)25)22(26,27)20-9-4-15(11-31-20)14-2-6-17(7-3-14)36-23(28,29)30/h2-11,13H,12H2,1H3/t21-/m1/s1. The number of nitrogens with zero attached hydrogens (tertiary/aromatic N) is 5. The monoisotopic (exact) mass is 511 g/mol. The van der Waals surface area contributed by atoms with Gasteiger partial charge in [-0.05, 0) is 47.2 Å². The predicted molar refractivity (Wildman–Crippen MR) is 112 cm³/mol. The van der Waals surface area contributed by atoms with Gasteiger partial charge in [0, 0.05) is 23.4 Å². The van der Waals surface area contributed by atoms with E-state index < -0.39 is 52.9 Å². The third-order valence-corrected chi connectivity index (χ3v) is 5.59. The number of alkyl halides is 5. The summed E-state index contributed by atoms with van der Waals surface area (Å²) in [6.07, 6.45) is -2.66. The Morgan fingerprint density at radius 1 is 0.889 bits per heavy atom. The van der Waals surface area contributed by atoms with E-state index in [9.17, 15) is 22.0 Å². The summed E-state index contributed by atoms with van der Waals surface area (Å²) in [6.45, 7) is 0.514. The number of halogens is 7. The molecule has 0 aliphatic heterocycles. The maximum Gasteiger partial charge on any atom is 0.573 e. The van der Waals surface area contributed by atoms with Gasteiger partial charge in [0.15, 0.2) is 0 Å². The molecule has 0 N–H and O–H groups in total. The maximum absolute atomic E-state index is 16.0. The average Bonchev–Trinajstić information content (AvgIpc) is 3.31. The molecule has 2 aromatic carbocycles. The minimum Gasteiger partial charge on any atom is -0.406 e. The molecule has 0 aliphatic rings. The van der Waals surface area contributed by atoms with Crippen molar-refractivity contribution in [3.63, 3.8) is 0 Å². The van der Waals surface area contributed by atoms with Gasteiger partial charge in [0.1, 0.15) is 29.4 Å². The van der Waals surface area contributed by atoms with Crippen LogP contribution in [0.2, 0.25) is 0 Å². The Hall–Kier alpha value is -4.03. The van der Waals surface area contributed by atoms with Crippen LogP contribution in [0.15, 0.2) is 67.1 Å². The van der Waals surface area contributed by atoms with E-state index in [1.165, 1.54) is 18.2 Å². The van der Waals surface area contributed by atoms with Crippen LogP contribution in [0.1, 0.15) is 18.2 Å². The van der Waals surface area contributed by atoms with Crippen LogP contribution >= 0.6 is 0 Å². The summed E-state index contributed by atoms with van der Waals surface area (Å²) in [5.74, 6) is -6.36. The van der Waals surface area contributed by atoms with Crippen LogP contribution < -0.4 is 4.74 Å². The fourth-order valence-electron chi connectivity index (χ4n) is 3.75. The smallest absolute Gasteiger partial charge is 0.406 e. The van der Waals surface area contributed by atoms with E-state index in [0.717, 1.165) is 54.5 Å². The number of ether oxygens (including phenoxy) is 1. The first-order valence-electron chi connectivity index (χ1n) is 10.3. The molecule has 0 fully saturated rings. The Balaban J connectivity index is 1.69. The van der Waals surface area contributed by atoms with Crippen LogP contribution in [0.25, 0.3) is 11.1 Å². The Morgan fingerprint density at radius 3 is 2.14 bits per heavy atom. The van der Waals surface area contributed by atoms with Gasteiger partial charge in [-0.2, -0.15) is 8.78 Å². The van der Waals surface area contributed by atoms with Crippen LogP contribution in [0.5, 0.6) is 5.75 Å². The van der Waals surface area contributed by atoms with E-state index in [2.05, 4.69) is 25.2 Å². The van der Waals surface area contributed by atoms with Gasteiger partial charge in [-0.1, -0.05) is 24.3 Å². The molecule has 0 bridgehead atoms. The molecule has 6 nitrogen and oxygen atoms in total. The molecule has 2 heterocycles. The van der Waals surface area contributed by atoms with Crippen molar-refractivity contribution < 1.29 is 35.5 Å². The zero-order valence-electron chi connectivity index (χ0n) is 18.3. The van der Waals surface area contributed by atoms with Crippen molar-refractivity contribution >= 4 is 0 Å². The lowest BCUT2D eigenvalue weighted by Gasteiger charge is -2.37. The van der Waals surface area contributed by atoms with Crippen LogP contribution in [0.4, 0.5) is 30.7 Å². The Morgan fingerprint density at radius 2 is 1.58 bits per heavy atom. The molecule has 2 aromatic heterocycles. The van der Waals surface area contributed by atoms with Gasteiger partial charge in [0.05, 0.1) is 12.0 Å². The molecular formula is C23H16F7N5O. The molecule has 0 radical (unpaired) electrons. The zero-order valence-corrected chi connectivity index (χ0v) is 18.3. The van der Waals surface area contributed by atoms with E-state index in [4.69, 9.17) is 0 Å². The number of benzene rings is 2. The number of rotatable bonds is 7. The summed E-state index contributed by atoms with van der Waals surface area (Å²) in [5.41, 5.74) is -2.76. The molecule has 0 amide bonds. The van der Waals surface area contributed by atoms with Crippen LogP contribution in [0, 0.1) is 11.6 Å². The van der Waals surface area contributed by atoms with Gasteiger partial charge in [-0.3, -0.25) is 4.98 Å². The van der Waals surface area contributed by atoms with Gasteiger partial charge >= 0.3 is 12.3 Å². The van der Waals surface area contributed by atoms with Gasteiger partial charge in [0.25, 0.3) is 0 Å². The van der Waals surface area contributed by atoms with Crippen LogP contribution in [-0.2, 0) is 17.9 Å². The minimum atomic E-state index is -4.85. The quantitative estimate of drug-likeness (QED) is 0.300.